The Labute approximate surface area is 108 Å². The van der Waals surface area contributed by atoms with Gasteiger partial charge < -0.3 is 4.74 Å². The zero-order chi connectivity index (χ0) is 12.1. The molecule has 1 aromatic carbocycles. The summed E-state index contributed by atoms with van der Waals surface area (Å²) in [5.74, 6) is -0.347. The standard InChI is InChI=1S/C10H8Br2F2O2/c11-6-2-1-3-7(12)10(6)8(15)4-16-5-9(13)14/h1-3,9H,4-5H2. The number of halogens is 4. The highest BCUT2D eigenvalue weighted by atomic mass is 79.9. The molecule has 0 heterocycles. The maximum absolute atomic E-state index is 11.8. The zero-order valence-corrected chi connectivity index (χ0v) is 11.2. The van der Waals surface area contributed by atoms with Crippen LogP contribution in [-0.2, 0) is 4.74 Å². The van der Waals surface area contributed by atoms with E-state index in [0.29, 0.717) is 14.5 Å². The number of benzene rings is 1. The molecule has 0 fully saturated rings. The Kier molecular flexibility index (Phi) is 5.51. The smallest absolute Gasteiger partial charge is 0.261 e. The van der Waals surface area contributed by atoms with Crippen LogP contribution in [0.25, 0.3) is 0 Å². The van der Waals surface area contributed by atoms with Gasteiger partial charge in [0.15, 0.2) is 5.78 Å². The molecule has 0 bridgehead atoms. The van der Waals surface area contributed by atoms with E-state index in [1.807, 2.05) is 0 Å². The fourth-order valence-electron chi connectivity index (χ4n) is 1.08. The number of ketones is 1. The Morgan fingerprint density at radius 3 is 2.38 bits per heavy atom. The van der Waals surface area contributed by atoms with E-state index in [-0.39, 0.29) is 12.4 Å². The van der Waals surface area contributed by atoms with Gasteiger partial charge in [0.05, 0.1) is 0 Å². The number of hydrogen-bond donors (Lipinski definition) is 0. The van der Waals surface area contributed by atoms with Crippen LogP contribution in [0, 0.1) is 0 Å². The largest absolute Gasteiger partial charge is 0.367 e. The van der Waals surface area contributed by atoms with Crippen LogP contribution in [0.15, 0.2) is 27.1 Å². The third-order valence-electron chi connectivity index (χ3n) is 1.72. The number of alkyl halides is 2. The third-order valence-corrected chi connectivity index (χ3v) is 3.04. The Morgan fingerprint density at radius 1 is 1.31 bits per heavy atom. The molecule has 0 aliphatic heterocycles. The van der Waals surface area contributed by atoms with Crippen molar-refractivity contribution < 1.29 is 18.3 Å². The van der Waals surface area contributed by atoms with Crippen molar-refractivity contribution >= 4 is 37.6 Å². The molecule has 0 N–H and O–H groups in total. The molecule has 1 rings (SSSR count). The monoisotopic (exact) mass is 356 g/mol. The molecule has 0 saturated heterocycles. The molecule has 0 saturated carbocycles. The Balaban J connectivity index is 2.66. The highest BCUT2D eigenvalue weighted by Crippen LogP contribution is 2.25. The van der Waals surface area contributed by atoms with Crippen LogP contribution in [-0.4, -0.2) is 25.4 Å². The van der Waals surface area contributed by atoms with Crippen molar-refractivity contribution in [2.24, 2.45) is 0 Å². The number of ether oxygens (including phenoxy) is 1. The predicted molar refractivity (Wildman–Crippen MR) is 63.0 cm³/mol. The van der Waals surface area contributed by atoms with Gasteiger partial charge in [0.2, 0.25) is 0 Å². The number of rotatable bonds is 5. The molecule has 0 atom stereocenters. The van der Waals surface area contributed by atoms with E-state index in [2.05, 4.69) is 36.6 Å². The van der Waals surface area contributed by atoms with Gasteiger partial charge in [0, 0.05) is 14.5 Å². The molecule has 0 aliphatic rings. The molecule has 6 heteroatoms. The van der Waals surface area contributed by atoms with E-state index < -0.39 is 13.0 Å². The van der Waals surface area contributed by atoms with Gasteiger partial charge in [-0.2, -0.15) is 0 Å². The molecule has 0 unspecified atom stereocenters. The summed E-state index contributed by atoms with van der Waals surface area (Å²) >= 11 is 6.43. The topological polar surface area (TPSA) is 26.3 Å². The van der Waals surface area contributed by atoms with Gasteiger partial charge in [0.25, 0.3) is 6.43 Å². The van der Waals surface area contributed by atoms with Crippen LogP contribution in [0.2, 0.25) is 0 Å². The van der Waals surface area contributed by atoms with E-state index in [9.17, 15) is 13.6 Å². The summed E-state index contributed by atoms with van der Waals surface area (Å²) in [4.78, 5) is 11.6. The van der Waals surface area contributed by atoms with Crippen molar-refractivity contribution in [3.8, 4) is 0 Å². The summed E-state index contributed by atoms with van der Waals surface area (Å²) in [5, 5.41) is 0. The fraction of sp³-hybridized carbons (Fsp3) is 0.300. The van der Waals surface area contributed by atoms with Gasteiger partial charge in [0.1, 0.15) is 13.2 Å². The highest BCUT2D eigenvalue weighted by molar-refractivity contribution is 9.11. The van der Waals surface area contributed by atoms with Crippen molar-refractivity contribution in [3.63, 3.8) is 0 Å². The van der Waals surface area contributed by atoms with Crippen LogP contribution in [0.3, 0.4) is 0 Å². The summed E-state index contributed by atoms with van der Waals surface area (Å²) in [5.41, 5.74) is 0.400. The van der Waals surface area contributed by atoms with Crippen molar-refractivity contribution in [2.45, 2.75) is 6.43 Å². The minimum absolute atomic E-state index is 0.347. The van der Waals surface area contributed by atoms with Crippen LogP contribution < -0.4 is 0 Å². The normalized spacial score (nSPS) is 10.8. The van der Waals surface area contributed by atoms with E-state index in [4.69, 9.17) is 0 Å². The van der Waals surface area contributed by atoms with Crippen molar-refractivity contribution in [2.75, 3.05) is 13.2 Å². The maximum atomic E-state index is 11.8. The summed E-state index contributed by atoms with van der Waals surface area (Å²) in [6.07, 6.45) is -2.56. The van der Waals surface area contributed by atoms with E-state index >= 15 is 0 Å². The molecule has 16 heavy (non-hydrogen) atoms. The molecule has 88 valence electrons. The lowest BCUT2D eigenvalue weighted by molar-refractivity contribution is 0.0195. The summed E-state index contributed by atoms with van der Waals surface area (Å²) in [7, 11) is 0. The van der Waals surface area contributed by atoms with Gasteiger partial charge in [-0.05, 0) is 12.1 Å². The van der Waals surface area contributed by atoms with E-state index in [0.717, 1.165) is 0 Å². The molecule has 0 radical (unpaired) electrons. The highest BCUT2D eigenvalue weighted by Gasteiger charge is 2.14. The second kappa shape index (κ2) is 6.42. The maximum Gasteiger partial charge on any atom is 0.261 e. The summed E-state index contributed by atoms with van der Waals surface area (Å²) in [6.45, 7) is -1.08. The second-order valence-corrected chi connectivity index (χ2v) is 4.63. The number of hydrogen-bond acceptors (Lipinski definition) is 2. The first-order valence-corrected chi connectivity index (χ1v) is 5.94. The molecule has 0 amide bonds. The van der Waals surface area contributed by atoms with Crippen LogP contribution in [0.1, 0.15) is 10.4 Å². The second-order valence-electron chi connectivity index (χ2n) is 2.93. The van der Waals surface area contributed by atoms with Crippen LogP contribution in [0.4, 0.5) is 8.78 Å². The zero-order valence-electron chi connectivity index (χ0n) is 8.05. The van der Waals surface area contributed by atoms with Crippen LogP contribution in [0.5, 0.6) is 0 Å². The Bertz CT molecular complexity index is 363. The van der Waals surface area contributed by atoms with Crippen molar-refractivity contribution in [1.82, 2.24) is 0 Å². The van der Waals surface area contributed by atoms with Crippen molar-refractivity contribution in [3.05, 3.63) is 32.7 Å². The third kappa shape index (κ3) is 3.92. The molecule has 0 aliphatic carbocycles. The van der Waals surface area contributed by atoms with Gasteiger partial charge >= 0.3 is 0 Å². The first-order valence-electron chi connectivity index (χ1n) is 4.35. The minimum Gasteiger partial charge on any atom is -0.367 e. The first-order chi connectivity index (χ1) is 7.52. The van der Waals surface area contributed by atoms with Gasteiger partial charge in [-0.3, -0.25) is 4.79 Å². The van der Waals surface area contributed by atoms with Gasteiger partial charge in [-0.25, -0.2) is 8.78 Å². The van der Waals surface area contributed by atoms with Gasteiger partial charge in [-0.1, -0.05) is 37.9 Å². The summed E-state index contributed by atoms with van der Waals surface area (Å²) in [6, 6.07) is 5.15. The number of carbonyl (C=O) groups excluding carboxylic acids is 1. The van der Waals surface area contributed by atoms with Crippen LogP contribution >= 0.6 is 31.9 Å². The molecule has 0 aromatic heterocycles. The lowest BCUT2D eigenvalue weighted by atomic mass is 10.1. The predicted octanol–water partition coefficient (Wildman–Crippen LogP) is 3.68. The average molecular weight is 358 g/mol. The molecular weight excluding hydrogens is 350 g/mol. The molecule has 1 aromatic rings. The lowest BCUT2D eigenvalue weighted by Crippen LogP contribution is -2.14. The quantitative estimate of drug-likeness (QED) is 0.751. The first kappa shape index (κ1) is 13.7. The summed E-state index contributed by atoms with van der Waals surface area (Å²) < 4.78 is 29.4. The average Bonchev–Trinajstić information content (AvgIpc) is 2.16. The minimum atomic E-state index is -2.56. The molecule has 0 spiro atoms. The fourth-order valence-corrected chi connectivity index (χ4v) is 2.52. The number of carbonyl (C=O) groups is 1. The lowest BCUT2D eigenvalue weighted by Gasteiger charge is -2.06. The van der Waals surface area contributed by atoms with E-state index in [1.54, 1.807) is 18.2 Å². The SMILES string of the molecule is O=C(COCC(F)F)c1c(Br)cccc1Br. The van der Waals surface area contributed by atoms with Gasteiger partial charge in [-0.15, -0.1) is 0 Å². The van der Waals surface area contributed by atoms with Crippen molar-refractivity contribution in [1.29, 1.82) is 0 Å². The Hall–Kier alpha value is -0.330. The number of Topliss-reactive ketones (excluding diaryl/α,β-unsaturated/α-hetero) is 1. The molecule has 2 nitrogen and oxygen atoms in total. The molecular formula is C10H8Br2F2O2. The Morgan fingerprint density at radius 2 is 1.88 bits per heavy atom. The van der Waals surface area contributed by atoms with E-state index in [1.165, 1.54) is 0 Å².